The zero-order valence-electron chi connectivity index (χ0n) is 16.8. The SMILES string of the molecule is CC1(C)CCC(C)(C)c2cc(-c3ccc4cc(C(=O)O)cc(F)c4c3)ccc21. The maximum Gasteiger partial charge on any atom is 0.335 e. The second-order valence-corrected chi connectivity index (χ2v) is 9.23. The Labute approximate surface area is 165 Å². The highest BCUT2D eigenvalue weighted by molar-refractivity contribution is 5.96. The number of benzene rings is 3. The summed E-state index contributed by atoms with van der Waals surface area (Å²) in [6.45, 7) is 9.18. The summed E-state index contributed by atoms with van der Waals surface area (Å²) >= 11 is 0. The van der Waals surface area contributed by atoms with Gasteiger partial charge in [0, 0.05) is 5.39 Å². The summed E-state index contributed by atoms with van der Waals surface area (Å²) in [6, 6.07) is 14.8. The Balaban J connectivity index is 1.86. The molecule has 0 unspecified atom stereocenters. The van der Waals surface area contributed by atoms with E-state index in [2.05, 4.69) is 45.9 Å². The fraction of sp³-hybridized carbons (Fsp3) is 0.320. The van der Waals surface area contributed by atoms with Crippen molar-refractivity contribution in [3.63, 3.8) is 0 Å². The fourth-order valence-electron chi connectivity index (χ4n) is 4.38. The van der Waals surface area contributed by atoms with E-state index in [4.69, 9.17) is 5.11 Å². The number of hydrogen-bond acceptors (Lipinski definition) is 1. The predicted octanol–water partition coefficient (Wildman–Crippen LogP) is 6.69. The van der Waals surface area contributed by atoms with Crippen molar-refractivity contribution in [3.05, 3.63) is 71.0 Å². The number of rotatable bonds is 2. The number of carboxylic acids is 1. The summed E-state index contributed by atoms with van der Waals surface area (Å²) in [5.74, 6) is -1.62. The Morgan fingerprint density at radius 3 is 2.14 bits per heavy atom. The Hall–Kier alpha value is -2.68. The minimum atomic E-state index is -1.12. The van der Waals surface area contributed by atoms with E-state index in [1.807, 2.05) is 12.1 Å². The number of aromatic carboxylic acids is 1. The molecule has 0 aromatic heterocycles. The minimum Gasteiger partial charge on any atom is -0.478 e. The number of hydrogen-bond donors (Lipinski definition) is 1. The molecule has 0 spiro atoms. The maximum absolute atomic E-state index is 14.5. The molecule has 1 N–H and O–H groups in total. The van der Waals surface area contributed by atoms with Gasteiger partial charge in [0.25, 0.3) is 0 Å². The number of carbonyl (C=O) groups is 1. The first kappa shape index (κ1) is 18.7. The molecule has 1 aliphatic carbocycles. The van der Waals surface area contributed by atoms with Crippen LogP contribution in [0.25, 0.3) is 21.9 Å². The first-order chi connectivity index (χ1) is 13.1. The highest BCUT2D eigenvalue weighted by atomic mass is 19.1. The van der Waals surface area contributed by atoms with Crippen LogP contribution in [-0.2, 0) is 10.8 Å². The molecular formula is C25H25FO2. The van der Waals surface area contributed by atoms with Crippen LogP contribution in [0.15, 0.2) is 48.5 Å². The van der Waals surface area contributed by atoms with E-state index in [1.54, 1.807) is 6.07 Å². The van der Waals surface area contributed by atoms with Crippen LogP contribution in [0, 0.1) is 5.82 Å². The van der Waals surface area contributed by atoms with Crippen molar-refractivity contribution in [1.82, 2.24) is 0 Å². The van der Waals surface area contributed by atoms with Gasteiger partial charge in [0.05, 0.1) is 5.56 Å². The summed E-state index contributed by atoms with van der Waals surface area (Å²) in [6.07, 6.45) is 2.31. The van der Waals surface area contributed by atoms with Gasteiger partial charge in [0.2, 0.25) is 0 Å². The van der Waals surface area contributed by atoms with Gasteiger partial charge in [0.1, 0.15) is 5.82 Å². The fourth-order valence-corrected chi connectivity index (χ4v) is 4.38. The van der Waals surface area contributed by atoms with Crippen LogP contribution >= 0.6 is 0 Å². The summed E-state index contributed by atoms with van der Waals surface area (Å²) in [7, 11) is 0. The van der Waals surface area contributed by atoms with E-state index in [1.165, 1.54) is 23.6 Å². The third kappa shape index (κ3) is 2.99. The van der Waals surface area contributed by atoms with Crippen molar-refractivity contribution in [1.29, 1.82) is 0 Å². The second-order valence-electron chi connectivity index (χ2n) is 9.23. The summed E-state index contributed by atoms with van der Waals surface area (Å²) < 4.78 is 14.5. The van der Waals surface area contributed by atoms with E-state index in [0.717, 1.165) is 23.6 Å². The molecule has 0 saturated carbocycles. The van der Waals surface area contributed by atoms with Gasteiger partial charge in [-0.1, -0.05) is 58.0 Å². The molecule has 0 bridgehead atoms. The van der Waals surface area contributed by atoms with Gasteiger partial charge < -0.3 is 5.11 Å². The van der Waals surface area contributed by atoms with Crippen LogP contribution in [0.4, 0.5) is 4.39 Å². The number of halogens is 1. The molecule has 0 saturated heterocycles. The van der Waals surface area contributed by atoms with Crippen LogP contribution in [0.5, 0.6) is 0 Å². The van der Waals surface area contributed by atoms with Gasteiger partial charge in [-0.15, -0.1) is 0 Å². The molecule has 3 heteroatoms. The molecule has 1 aliphatic rings. The van der Waals surface area contributed by atoms with E-state index >= 15 is 0 Å². The average Bonchev–Trinajstić information content (AvgIpc) is 2.65. The molecule has 0 atom stereocenters. The average molecular weight is 376 g/mol. The summed E-state index contributed by atoms with van der Waals surface area (Å²) in [4.78, 5) is 11.2. The van der Waals surface area contributed by atoms with Crippen molar-refractivity contribution in [2.24, 2.45) is 0 Å². The van der Waals surface area contributed by atoms with Crippen molar-refractivity contribution in [2.75, 3.05) is 0 Å². The van der Waals surface area contributed by atoms with Crippen molar-refractivity contribution in [2.45, 2.75) is 51.4 Å². The molecule has 0 amide bonds. The first-order valence-electron chi connectivity index (χ1n) is 9.70. The quantitative estimate of drug-likeness (QED) is 0.541. The zero-order valence-corrected chi connectivity index (χ0v) is 16.8. The predicted molar refractivity (Wildman–Crippen MR) is 112 cm³/mol. The molecular weight excluding hydrogens is 351 g/mol. The smallest absolute Gasteiger partial charge is 0.335 e. The molecule has 144 valence electrons. The molecule has 0 fully saturated rings. The van der Waals surface area contributed by atoms with Gasteiger partial charge in [-0.05, 0) is 69.5 Å². The lowest BCUT2D eigenvalue weighted by molar-refractivity contribution is 0.0696. The summed E-state index contributed by atoms with van der Waals surface area (Å²) in [5, 5.41) is 10.2. The third-order valence-corrected chi connectivity index (χ3v) is 6.34. The van der Waals surface area contributed by atoms with Crippen LogP contribution in [0.2, 0.25) is 0 Å². The molecule has 0 aliphatic heterocycles. The maximum atomic E-state index is 14.5. The number of fused-ring (bicyclic) bond motifs is 2. The van der Waals surface area contributed by atoms with Gasteiger partial charge >= 0.3 is 5.97 Å². The molecule has 2 nitrogen and oxygen atoms in total. The Kier molecular flexibility index (Phi) is 4.11. The lowest BCUT2D eigenvalue weighted by atomic mass is 9.63. The van der Waals surface area contributed by atoms with Crippen LogP contribution in [0.3, 0.4) is 0 Å². The van der Waals surface area contributed by atoms with E-state index in [-0.39, 0.29) is 16.4 Å². The molecule has 3 aromatic carbocycles. The van der Waals surface area contributed by atoms with E-state index in [9.17, 15) is 9.18 Å². The highest BCUT2D eigenvalue weighted by Gasteiger charge is 2.36. The van der Waals surface area contributed by atoms with E-state index in [0.29, 0.717) is 10.8 Å². The molecule has 0 heterocycles. The van der Waals surface area contributed by atoms with Crippen LogP contribution in [0.1, 0.15) is 62.0 Å². The standard InChI is InChI=1S/C25H25FO2/c1-24(2)9-10-25(3,4)21-13-16(7-8-20(21)24)15-5-6-17-11-18(23(27)28)14-22(26)19(17)12-15/h5-8,11-14H,9-10H2,1-4H3,(H,27,28). The molecule has 4 rings (SSSR count). The lowest BCUT2D eigenvalue weighted by Gasteiger charge is -2.42. The van der Waals surface area contributed by atoms with Gasteiger partial charge in [-0.3, -0.25) is 0 Å². The molecule has 3 aromatic rings. The minimum absolute atomic E-state index is 0.0319. The van der Waals surface area contributed by atoms with Crippen molar-refractivity contribution < 1.29 is 14.3 Å². The van der Waals surface area contributed by atoms with Gasteiger partial charge in [-0.25, -0.2) is 9.18 Å². The summed E-state index contributed by atoms with van der Waals surface area (Å²) in [5.41, 5.74) is 5.00. The van der Waals surface area contributed by atoms with Crippen LogP contribution < -0.4 is 0 Å². The monoisotopic (exact) mass is 376 g/mol. The number of carboxylic acid groups (broad SMARTS) is 1. The highest BCUT2D eigenvalue weighted by Crippen LogP contribution is 2.46. The Bertz CT molecular complexity index is 1110. The van der Waals surface area contributed by atoms with Gasteiger partial charge in [0.15, 0.2) is 0 Å². The lowest BCUT2D eigenvalue weighted by Crippen LogP contribution is -2.33. The van der Waals surface area contributed by atoms with E-state index < -0.39 is 11.8 Å². The van der Waals surface area contributed by atoms with Crippen LogP contribution in [-0.4, -0.2) is 11.1 Å². The van der Waals surface area contributed by atoms with Gasteiger partial charge in [-0.2, -0.15) is 0 Å². The Morgan fingerprint density at radius 1 is 0.857 bits per heavy atom. The second kappa shape index (κ2) is 6.16. The zero-order chi connectivity index (χ0) is 20.3. The normalized spacial score (nSPS) is 17.3. The molecule has 28 heavy (non-hydrogen) atoms. The first-order valence-corrected chi connectivity index (χ1v) is 9.70. The Morgan fingerprint density at radius 2 is 1.46 bits per heavy atom. The van der Waals surface area contributed by atoms with Crippen molar-refractivity contribution >= 4 is 16.7 Å². The molecule has 0 radical (unpaired) electrons. The third-order valence-electron chi connectivity index (χ3n) is 6.34. The van der Waals surface area contributed by atoms with Crippen molar-refractivity contribution in [3.8, 4) is 11.1 Å². The largest absolute Gasteiger partial charge is 0.478 e. The topological polar surface area (TPSA) is 37.3 Å².